The van der Waals surface area contributed by atoms with Gasteiger partial charge in [0.1, 0.15) is 36.7 Å². The number of fused-ring (bicyclic) bond motifs is 1. The van der Waals surface area contributed by atoms with Gasteiger partial charge in [0.05, 0.1) is 12.9 Å². The van der Waals surface area contributed by atoms with E-state index in [1.54, 1.807) is 0 Å². The van der Waals surface area contributed by atoms with Crippen molar-refractivity contribution in [1.82, 2.24) is 35.7 Å². The van der Waals surface area contributed by atoms with Gasteiger partial charge >= 0.3 is 0 Å². The molecule has 3 rings (SSSR count). The molecular weight excluding hydrogens is 380 g/mol. The molecule has 0 aliphatic carbocycles. The quantitative estimate of drug-likeness (QED) is 0.198. The smallest absolute Gasteiger partial charge is 0.258 e. The fourth-order valence-electron chi connectivity index (χ4n) is 2.43. The SMILES string of the molecule is Nc1ncnc2c1ncn2CC(=O)NNC(=S)N[C@@H]1OC[C@@H](O)[C@H](O)[C@H]1O. The van der Waals surface area contributed by atoms with E-state index in [0.717, 1.165) is 0 Å². The summed E-state index contributed by atoms with van der Waals surface area (Å²) < 4.78 is 6.62. The highest BCUT2D eigenvalue weighted by Gasteiger charge is 2.37. The van der Waals surface area contributed by atoms with Crippen LogP contribution in [0.2, 0.25) is 0 Å². The van der Waals surface area contributed by atoms with Gasteiger partial charge in [0.15, 0.2) is 22.8 Å². The van der Waals surface area contributed by atoms with Crippen molar-refractivity contribution in [3.05, 3.63) is 12.7 Å². The lowest BCUT2D eigenvalue weighted by atomic mass is 10.0. The molecule has 0 saturated carbocycles. The van der Waals surface area contributed by atoms with Crippen molar-refractivity contribution in [3.8, 4) is 0 Å². The van der Waals surface area contributed by atoms with E-state index < -0.39 is 30.4 Å². The number of nitrogens with one attached hydrogen (secondary N) is 3. The van der Waals surface area contributed by atoms with Crippen molar-refractivity contribution in [2.24, 2.45) is 0 Å². The molecule has 0 spiro atoms. The van der Waals surface area contributed by atoms with Gasteiger partial charge in [0.25, 0.3) is 5.91 Å². The summed E-state index contributed by atoms with van der Waals surface area (Å²) in [5.41, 5.74) is 11.3. The Morgan fingerprint density at radius 2 is 2.07 bits per heavy atom. The van der Waals surface area contributed by atoms with Crippen LogP contribution in [-0.2, 0) is 16.1 Å². The first kappa shape index (κ1) is 19.1. The zero-order valence-corrected chi connectivity index (χ0v) is 14.6. The van der Waals surface area contributed by atoms with Gasteiger partial charge in [-0.25, -0.2) is 15.0 Å². The first-order valence-corrected chi connectivity index (χ1v) is 8.20. The van der Waals surface area contributed by atoms with Gasteiger partial charge < -0.3 is 35.7 Å². The van der Waals surface area contributed by atoms with Crippen LogP contribution in [0.5, 0.6) is 0 Å². The summed E-state index contributed by atoms with van der Waals surface area (Å²) >= 11 is 4.99. The monoisotopic (exact) mass is 398 g/mol. The average molecular weight is 398 g/mol. The molecule has 2 aromatic rings. The second-order valence-corrected chi connectivity index (χ2v) is 6.16. The van der Waals surface area contributed by atoms with E-state index in [1.807, 2.05) is 0 Å². The molecule has 3 heterocycles. The summed E-state index contributed by atoms with van der Waals surface area (Å²) in [6.07, 6.45) is -2.33. The molecule has 0 aromatic carbocycles. The van der Waals surface area contributed by atoms with Crippen LogP contribution in [0, 0.1) is 0 Å². The van der Waals surface area contributed by atoms with Crippen LogP contribution >= 0.6 is 12.2 Å². The summed E-state index contributed by atoms with van der Waals surface area (Å²) in [6, 6.07) is 0. The number of hydrazine groups is 1. The number of rotatable bonds is 3. The number of carbonyl (C=O) groups is 1. The number of aliphatic hydroxyl groups is 3. The van der Waals surface area contributed by atoms with Crippen molar-refractivity contribution in [2.75, 3.05) is 12.3 Å². The first-order valence-electron chi connectivity index (χ1n) is 7.79. The molecule has 0 bridgehead atoms. The average Bonchev–Trinajstić information content (AvgIpc) is 3.05. The minimum atomic E-state index is -1.40. The standard InChI is InChI=1S/C13H18N8O5S/c14-10-7-11(16-3-15-10)21(4-17-7)1-6(23)19-20-13(27)18-12-9(25)8(24)5(22)2-26-12/h3-5,8-9,12,22,24-25H,1-2H2,(H,19,23)(H2,14,15,16)(H2,18,20,27)/t5-,8+,9-,12-/m1/s1. The maximum absolute atomic E-state index is 12.1. The molecule has 2 aromatic heterocycles. The normalized spacial score (nSPS) is 25.1. The Kier molecular flexibility index (Phi) is 5.62. The van der Waals surface area contributed by atoms with E-state index >= 15 is 0 Å². The summed E-state index contributed by atoms with van der Waals surface area (Å²) in [4.78, 5) is 24.0. The summed E-state index contributed by atoms with van der Waals surface area (Å²) in [5, 5.41) is 31.4. The van der Waals surface area contributed by atoms with E-state index in [2.05, 4.69) is 31.1 Å². The van der Waals surface area contributed by atoms with Gasteiger partial charge in [-0.15, -0.1) is 0 Å². The Labute approximate surface area is 157 Å². The lowest BCUT2D eigenvalue weighted by molar-refractivity contribution is -0.190. The van der Waals surface area contributed by atoms with Crippen LogP contribution in [0.25, 0.3) is 11.2 Å². The lowest BCUT2D eigenvalue weighted by Crippen LogP contribution is -2.61. The van der Waals surface area contributed by atoms with Gasteiger partial charge in [-0.1, -0.05) is 0 Å². The number of hydrogen-bond acceptors (Lipinski definition) is 10. The van der Waals surface area contributed by atoms with Crippen LogP contribution in [0.4, 0.5) is 5.82 Å². The molecule has 1 aliphatic rings. The largest absolute Gasteiger partial charge is 0.388 e. The number of nitrogens with zero attached hydrogens (tertiary/aromatic N) is 4. The molecule has 27 heavy (non-hydrogen) atoms. The highest BCUT2D eigenvalue weighted by atomic mass is 32.1. The minimum Gasteiger partial charge on any atom is -0.388 e. The van der Waals surface area contributed by atoms with Crippen molar-refractivity contribution in [1.29, 1.82) is 0 Å². The number of ether oxygens (including phenoxy) is 1. The molecule has 1 saturated heterocycles. The Morgan fingerprint density at radius 3 is 2.85 bits per heavy atom. The molecular formula is C13H18N8O5S. The summed E-state index contributed by atoms with van der Waals surface area (Å²) in [6.45, 7) is -0.292. The molecule has 1 fully saturated rings. The van der Waals surface area contributed by atoms with Crippen LogP contribution in [0.1, 0.15) is 0 Å². The molecule has 4 atom stereocenters. The number of imidazole rings is 1. The fourth-order valence-corrected chi connectivity index (χ4v) is 2.60. The van der Waals surface area contributed by atoms with Crippen LogP contribution in [0.3, 0.4) is 0 Å². The van der Waals surface area contributed by atoms with Crippen molar-refractivity contribution >= 4 is 40.2 Å². The second-order valence-electron chi connectivity index (χ2n) is 5.75. The van der Waals surface area contributed by atoms with Crippen LogP contribution in [0.15, 0.2) is 12.7 Å². The van der Waals surface area contributed by atoms with Gasteiger partial charge in [0.2, 0.25) is 0 Å². The topological polar surface area (TPSA) is 193 Å². The number of thiocarbonyl (C=S) groups is 1. The molecule has 0 radical (unpaired) electrons. The number of aliphatic hydroxyl groups excluding tert-OH is 3. The lowest BCUT2D eigenvalue weighted by Gasteiger charge is -2.35. The molecule has 0 unspecified atom stereocenters. The summed E-state index contributed by atoms with van der Waals surface area (Å²) in [5.74, 6) is -0.253. The minimum absolute atomic E-state index is 0.0574. The maximum atomic E-state index is 12.1. The predicted octanol–water partition coefficient (Wildman–Crippen LogP) is -3.66. The van der Waals surface area contributed by atoms with Gasteiger partial charge in [-0.3, -0.25) is 15.6 Å². The predicted molar refractivity (Wildman–Crippen MR) is 94.5 cm³/mol. The zero-order valence-electron chi connectivity index (χ0n) is 13.8. The Hall–Kier alpha value is -2.65. The van der Waals surface area contributed by atoms with E-state index in [4.69, 9.17) is 22.7 Å². The molecule has 13 nitrogen and oxygen atoms in total. The van der Waals surface area contributed by atoms with Crippen LogP contribution in [-0.4, -0.2) is 77.0 Å². The van der Waals surface area contributed by atoms with Gasteiger partial charge in [0, 0.05) is 0 Å². The maximum Gasteiger partial charge on any atom is 0.258 e. The first-order chi connectivity index (χ1) is 12.9. The molecule has 8 N–H and O–H groups in total. The molecule has 1 amide bonds. The number of anilines is 1. The number of aromatic nitrogens is 4. The third-order valence-electron chi connectivity index (χ3n) is 3.83. The Morgan fingerprint density at radius 1 is 1.30 bits per heavy atom. The van der Waals surface area contributed by atoms with E-state index in [0.29, 0.717) is 11.2 Å². The number of amides is 1. The molecule has 146 valence electrons. The van der Waals surface area contributed by atoms with Crippen molar-refractivity contribution in [3.63, 3.8) is 0 Å². The third kappa shape index (κ3) is 4.20. The highest BCUT2D eigenvalue weighted by Crippen LogP contribution is 2.14. The highest BCUT2D eigenvalue weighted by molar-refractivity contribution is 7.80. The Bertz CT molecular complexity index is 847. The number of carbonyl (C=O) groups excluding carboxylic acids is 1. The fraction of sp³-hybridized carbons (Fsp3) is 0.462. The number of nitrogens with two attached hydrogens (primary N) is 1. The number of hydrogen-bond donors (Lipinski definition) is 7. The number of nitrogen functional groups attached to an aromatic ring is 1. The summed E-state index contributed by atoms with van der Waals surface area (Å²) in [7, 11) is 0. The third-order valence-corrected chi connectivity index (χ3v) is 4.05. The molecule has 14 heteroatoms. The van der Waals surface area contributed by atoms with E-state index in [1.165, 1.54) is 17.2 Å². The molecule has 1 aliphatic heterocycles. The second kappa shape index (κ2) is 7.93. The van der Waals surface area contributed by atoms with E-state index in [9.17, 15) is 20.1 Å². The Balaban J connectivity index is 1.50. The van der Waals surface area contributed by atoms with Crippen molar-refractivity contribution < 1.29 is 24.9 Å². The van der Waals surface area contributed by atoms with E-state index in [-0.39, 0.29) is 24.1 Å². The zero-order chi connectivity index (χ0) is 19.6. The van der Waals surface area contributed by atoms with Gasteiger partial charge in [-0.2, -0.15) is 0 Å². The van der Waals surface area contributed by atoms with Crippen molar-refractivity contribution in [2.45, 2.75) is 31.1 Å². The van der Waals surface area contributed by atoms with Crippen LogP contribution < -0.4 is 21.9 Å². The van der Waals surface area contributed by atoms with Gasteiger partial charge in [-0.05, 0) is 12.2 Å².